The molecule has 6 nitrogen and oxygen atoms in total. The van der Waals surface area contributed by atoms with Crippen molar-refractivity contribution in [1.29, 1.82) is 0 Å². The highest BCUT2D eigenvalue weighted by Gasteiger charge is 2.15. The van der Waals surface area contributed by atoms with Crippen molar-refractivity contribution in [1.82, 2.24) is 30.1 Å². The number of hydrogen-bond donors (Lipinski definition) is 2. The monoisotopic (exact) mass is 394 g/mol. The van der Waals surface area contributed by atoms with Crippen LogP contribution in [0.2, 0.25) is 0 Å². The van der Waals surface area contributed by atoms with E-state index in [1.165, 1.54) is 16.5 Å². The predicted octanol–water partition coefficient (Wildman–Crippen LogP) is 5.29. The zero-order chi connectivity index (χ0) is 19.2. The summed E-state index contributed by atoms with van der Waals surface area (Å²) in [5.74, 6) is 0. The molecule has 0 aliphatic heterocycles. The lowest BCUT2D eigenvalue weighted by atomic mass is 10.0. The summed E-state index contributed by atoms with van der Waals surface area (Å²) in [6.45, 7) is 0. The van der Waals surface area contributed by atoms with Gasteiger partial charge in [-0.1, -0.05) is 12.1 Å². The molecule has 29 heavy (non-hydrogen) atoms. The maximum absolute atomic E-state index is 4.56. The van der Waals surface area contributed by atoms with E-state index in [0.717, 1.165) is 39.2 Å². The molecule has 138 valence electrons. The molecule has 0 bridgehead atoms. The van der Waals surface area contributed by atoms with Gasteiger partial charge in [-0.05, 0) is 46.2 Å². The van der Waals surface area contributed by atoms with Crippen LogP contribution in [0, 0.1) is 0 Å². The summed E-state index contributed by atoms with van der Waals surface area (Å²) in [5.41, 5.74) is 7.74. The summed E-state index contributed by atoms with van der Waals surface area (Å²) in [5, 5.41) is 14.1. The maximum Gasteiger partial charge on any atom is 0.116 e. The number of rotatable bonds is 3. The van der Waals surface area contributed by atoms with Crippen LogP contribution in [0.25, 0.3) is 55.7 Å². The van der Waals surface area contributed by atoms with Gasteiger partial charge in [0, 0.05) is 28.7 Å². The number of nitrogens with one attached hydrogen (secondary N) is 2. The standard InChI is InChI=1S/C22H14N6S/c1-2-14(13-4-7-29-12-13)15-8-19(26-17(15)3-1)22-16-9-18(21-10-23-5-6-24-21)25-11-20(16)27-28-22/h1-12,26H,(H,27,28). The predicted molar refractivity (Wildman–Crippen MR) is 116 cm³/mol. The van der Waals surface area contributed by atoms with Gasteiger partial charge in [-0.15, -0.1) is 0 Å². The normalized spacial score (nSPS) is 11.4. The minimum absolute atomic E-state index is 0.734. The Bertz CT molecular complexity index is 1450. The number of pyridine rings is 1. The summed E-state index contributed by atoms with van der Waals surface area (Å²) in [6.07, 6.45) is 6.82. The molecule has 6 rings (SSSR count). The fourth-order valence-electron chi connectivity index (χ4n) is 3.65. The number of benzene rings is 1. The average Bonchev–Trinajstić information content (AvgIpc) is 3.52. The van der Waals surface area contributed by atoms with Crippen molar-refractivity contribution < 1.29 is 0 Å². The Morgan fingerprint density at radius 1 is 0.862 bits per heavy atom. The molecule has 6 aromatic rings. The zero-order valence-electron chi connectivity index (χ0n) is 15.1. The van der Waals surface area contributed by atoms with Gasteiger partial charge < -0.3 is 4.98 Å². The van der Waals surface area contributed by atoms with Crippen LogP contribution in [-0.2, 0) is 0 Å². The topological polar surface area (TPSA) is 83.1 Å². The summed E-state index contributed by atoms with van der Waals surface area (Å²) >= 11 is 1.70. The molecule has 0 saturated carbocycles. The fourth-order valence-corrected chi connectivity index (χ4v) is 4.30. The molecule has 0 radical (unpaired) electrons. The first-order valence-corrected chi connectivity index (χ1v) is 10.1. The van der Waals surface area contributed by atoms with Gasteiger partial charge in [-0.25, -0.2) is 0 Å². The molecule has 0 unspecified atom stereocenters. The van der Waals surface area contributed by atoms with Crippen molar-refractivity contribution in [2.24, 2.45) is 0 Å². The van der Waals surface area contributed by atoms with Crippen LogP contribution in [0.5, 0.6) is 0 Å². The molecule has 0 saturated heterocycles. The van der Waals surface area contributed by atoms with E-state index >= 15 is 0 Å². The zero-order valence-corrected chi connectivity index (χ0v) is 15.9. The number of aromatic amines is 2. The highest BCUT2D eigenvalue weighted by Crippen LogP contribution is 2.35. The van der Waals surface area contributed by atoms with E-state index in [4.69, 9.17) is 0 Å². The second kappa shape index (κ2) is 6.35. The van der Waals surface area contributed by atoms with E-state index in [-0.39, 0.29) is 0 Å². The maximum atomic E-state index is 4.56. The van der Waals surface area contributed by atoms with Crippen LogP contribution in [0.3, 0.4) is 0 Å². The highest BCUT2D eigenvalue weighted by atomic mass is 32.1. The number of H-pyrrole nitrogens is 2. The molecule has 0 aliphatic carbocycles. The smallest absolute Gasteiger partial charge is 0.116 e. The van der Waals surface area contributed by atoms with E-state index in [2.05, 4.69) is 71.2 Å². The van der Waals surface area contributed by atoms with Crippen molar-refractivity contribution in [2.75, 3.05) is 0 Å². The number of hydrogen-bond acceptors (Lipinski definition) is 5. The van der Waals surface area contributed by atoms with Crippen LogP contribution in [0.15, 0.2) is 71.9 Å². The summed E-state index contributed by atoms with van der Waals surface area (Å²) in [6, 6.07) is 12.6. The van der Waals surface area contributed by atoms with E-state index in [9.17, 15) is 0 Å². The van der Waals surface area contributed by atoms with Gasteiger partial charge in [0.25, 0.3) is 0 Å². The van der Waals surface area contributed by atoms with E-state index in [1.807, 2.05) is 6.07 Å². The van der Waals surface area contributed by atoms with Crippen molar-refractivity contribution in [3.63, 3.8) is 0 Å². The number of fused-ring (bicyclic) bond motifs is 2. The average molecular weight is 394 g/mol. The third-order valence-corrected chi connectivity index (χ3v) is 5.71. The minimum atomic E-state index is 0.734. The lowest BCUT2D eigenvalue weighted by molar-refractivity contribution is 1.11. The first kappa shape index (κ1) is 16.1. The molecule has 0 atom stereocenters. The van der Waals surface area contributed by atoms with Gasteiger partial charge in [-0.2, -0.15) is 16.4 Å². The largest absolute Gasteiger partial charge is 0.353 e. The van der Waals surface area contributed by atoms with Crippen LogP contribution < -0.4 is 0 Å². The number of thiophene rings is 1. The molecule has 2 N–H and O–H groups in total. The second-order valence-electron chi connectivity index (χ2n) is 6.74. The molecule has 0 fully saturated rings. The minimum Gasteiger partial charge on any atom is -0.353 e. The third kappa shape index (κ3) is 2.63. The van der Waals surface area contributed by atoms with Gasteiger partial charge in [0.15, 0.2) is 0 Å². The van der Waals surface area contributed by atoms with Crippen LogP contribution >= 0.6 is 11.3 Å². The molecule has 1 aromatic carbocycles. The molecular weight excluding hydrogens is 380 g/mol. The highest BCUT2D eigenvalue weighted by molar-refractivity contribution is 7.08. The van der Waals surface area contributed by atoms with Gasteiger partial charge in [0.2, 0.25) is 0 Å². The van der Waals surface area contributed by atoms with Crippen LogP contribution in [0.4, 0.5) is 0 Å². The lowest BCUT2D eigenvalue weighted by Crippen LogP contribution is -1.88. The van der Waals surface area contributed by atoms with Crippen molar-refractivity contribution in [2.45, 2.75) is 0 Å². The Kier molecular flexibility index (Phi) is 3.54. The van der Waals surface area contributed by atoms with Gasteiger partial charge in [0.1, 0.15) is 11.4 Å². The molecule has 0 spiro atoms. The molecule has 5 aromatic heterocycles. The first-order chi connectivity index (χ1) is 14.4. The Hall–Kier alpha value is -3.84. The fraction of sp³-hybridized carbons (Fsp3) is 0. The molecule has 5 heterocycles. The summed E-state index contributed by atoms with van der Waals surface area (Å²) in [4.78, 5) is 16.5. The van der Waals surface area contributed by atoms with Crippen LogP contribution in [-0.4, -0.2) is 30.1 Å². The van der Waals surface area contributed by atoms with Crippen molar-refractivity contribution in [3.8, 4) is 33.9 Å². The van der Waals surface area contributed by atoms with Gasteiger partial charge in [0.05, 0.1) is 29.3 Å². The summed E-state index contributed by atoms with van der Waals surface area (Å²) < 4.78 is 0. The second-order valence-corrected chi connectivity index (χ2v) is 7.52. The van der Waals surface area contributed by atoms with E-state index < -0.39 is 0 Å². The SMILES string of the molecule is c1cc(-c2ccsc2)c2cc(-c3n[nH]c4cnc(-c5cnccn5)cc34)[nH]c2c1. The Labute approximate surface area is 169 Å². The van der Waals surface area contributed by atoms with Gasteiger partial charge in [-0.3, -0.25) is 20.1 Å². The molecule has 0 aliphatic rings. The molecule has 0 amide bonds. The van der Waals surface area contributed by atoms with E-state index in [1.54, 1.807) is 36.1 Å². The third-order valence-electron chi connectivity index (χ3n) is 5.02. The lowest BCUT2D eigenvalue weighted by Gasteiger charge is -2.00. The number of aromatic nitrogens is 6. The van der Waals surface area contributed by atoms with Crippen LogP contribution in [0.1, 0.15) is 0 Å². The molecule has 7 heteroatoms. The number of nitrogens with zero attached hydrogens (tertiary/aromatic N) is 4. The first-order valence-electron chi connectivity index (χ1n) is 9.12. The Morgan fingerprint density at radius 2 is 1.86 bits per heavy atom. The van der Waals surface area contributed by atoms with E-state index in [0.29, 0.717) is 0 Å². The Morgan fingerprint density at radius 3 is 2.72 bits per heavy atom. The van der Waals surface area contributed by atoms with Crippen molar-refractivity contribution in [3.05, 3.63) is 71.9 Å². The Balaban J connectivity index is 1.53. The summed E-state index contributed by atoms with van der Waals surface area (Å²) in [7, 11) is 0. The quantitative estimate of drug-likeness (QED) is 0.427. The molecular formula is C22H14N6S. The van der Waals surface area contributed by atoms with Gasteiger partial charge >= 0.3 is 0 Å². The van der Waals surface area contributed by atoms with Crippen molar-refractivity contribution >= 4 is 33.1 Å².